The Morgan fingerprint density at radius 1 is 1.33 bits per heavy atom. The Bertz CT molecular complexity index is 733. The van der Waals surface area contributed by atoms with E-state index in [1.807, 2.05) is 36.4 Å². The first-order valence-electron chi connectivity index (χ1n) is 6.30. The number of hydroxylamine groups is 1. The summed E-state index contributed by atoms with van der Waals surface area (Å²) in [6, 6.07) is 11.6. The number of furan rings is 1. The van der Waals surface area contributed by atoms with Gasteiger partial charge in [-0.05, 0) is 24.3 Å². The van der Waals surface area contributed by atoms with Gasteiger partial charge >= 0.3 is 0 Å². The average molecular weight is 303 g/mol. The number of nitrogens with two attached hydrogens (primary N) is 1. The molecule has 0 saturated heterocycles. The van der Waals surface area contributed by atoms with Gasteiger partial charge in [-0.25, -0.2) is 4.98 Å². The van der Waals surface area contributed by atoms with Crippen LogP contribution in [0, 0.1) is 0 Å². The molecular formula is C14H13N3O3S. The fourth-order valence-corrected chi connectivity index (χ4v) is 2.74. The summed E-state index contributed by atoms with van der Waals surface area (Å²) in [7, 11) is 0. The minimum absolute atomic E-state index is 0.175. The highest BCUT2D eigenvalue weighted by atomic mass is 32.1. The van der Waals surface area contributed by atoms with Crippen LogP contribution >= 0.6 is 11.3 Å². The molecule has 0 aliphatic carbocycles. The fourth-order valence-electron chi connectivity index (χ4n) is 1.81. The number of primary amides is 1. The van der Waals surface area contributed by atoms with E-state index in [0.717, 1.165) is 15.2 Å². The van der Waals surface area contributed by atoms with Crippen molar-refractivity contribution in [3.63, 3.8) is 0 Å². The highest BCUT2D eigenvalue weighted by molar-refractivity contribution is 7.21. The molecule has 3 aromatic rings. The zero-order valence-electron chi connectivity index (χ0n) is 11.0. The van der Waals surface area contributed by atoms with Gasteiger partial charge in [-0.15, -0.1) is 11.3 Å². The van der Waals surface area contributed by atoms with E-state index >= 15 is 0 Å². The number of para-hydroxylation sites is 1. The minimum atomic E-state index is -0.530. The monoisotopic (exact) mass is 303 g/mol. The summed E-state index contributed by atoms with van der Waals surface area (Å²) >= 11 is 1.58. The van der Waals surface area contributed by atoms with Gasteiger partial charge in [-0.2, -0.15) is 5.48 Å². The summed E-state index contributed by atoms with van der Waals surface area (Å²) in [5, 5.41) is 0.834. The van der Waals surface area contributed by atoms with Crippen molar-refractivity contribution in [1.29, 1.82) is 0 Å². The number of rotatable bonds is 6. The van der Waals surface area contributed by atoms with E-state index in [0.29, 0.717) is 18.1 Å². The maximum atomic E-state index is 10.5. The molecule has 0 bridgehead atoms. The maximum absolute atomic E-state index is 10.5. The number of thiazole rings is 1. The van der Waals surface area contributed by atoms with Gasteiger partial charge < -0.3 is 10.2 Å². The summed E-state index contributed by atoms with van der Waals surface area (Å²) < 4.78 is 6.81. The summed E-state index contributed by atoms with van der Waals surface area (Å²) in [5.74, 6) is 0.869. The summed E-state index contributed by atoms with van der Waals surface area (Å²) in [5.41, 5.74) is 8.52. The van der Waals surface area contributed by atoms with E-state index < -0.39 is 5.91 Å². The number of hydrogen-bond acceptors (Lipinski definition) is 6. The van der Waals surface area contributed by atoms with E-state index in [1.165, 1.54) is 0 Å². The number of carbonyl (C=O) groups excluding carboxylic acids is 1. The van der Waals surface area contributed by atoms with Gasteiger partial charge in [0.05, 0.1) is 16.8 Å². The Morgan fingerprint density at radius 3 is 3.00 bits per heavy atom. The van der Waals surface area contributed by atoms with E-state index in [2.05, 4.69) is 10.5 Å². The van der Waals surface area contributed by atoms with Crippen LogP contribution in [0.1, 0.15) is 5.76 Å². The van der Waals surface area contributed by atoms with Gasteiger partial charge in [0.25, 0.3) is 0 Å². The number of nitrogens with one attached hydrogen (secondary N) is 1. The number of benzene rings is 1. The molecule has 0 fully saturated rings. The zero-order chi connectivity index (χ0) is 14.7. The second-order valence-electron chi connectivity index (χ2n) is 4.33. The van der Waals surface area contributed by atoms with Crippen molar-refractivity contribution in [1.82, 2.24) is 10.5 Å². The van der Waals surface area contributed by atoms with Crippen molar-refractivity contribution in [3.8, 4) is 10.8 Å². The molecule has 0 aliphatic rings. The predicted octanol–water partition coefficient (Wildman–Crippen LogP) is 2.06. The number of amides is 1. The summed E-state index contributed by atoms with van der Waals surface area (Å²) in [6.07, 6.45) is 0. The smallest absolute Gasteiger partial charge is 0.245 e. The van der Waals surface area contributed by atoms with Crippen molar-refractivity contribution in [3.05, 3.63) is 42.2 Å². The van der Waals surface area contributed by atoms with Crippen LogP contribution < -0.4 is 11.2 Å². The molecule has 3 N–H and O–H groups in total. The topological polar surface area (TPSA) is 90.4 Å². The zero-order valence-corrected chi connectivity index (χ0v) is 11.9. The van der Waals surface area contributed by atoms with Crippen LogP contribution in [0.2, 0.25) is 0 Å². The van der Waals surface area contributed by atoms with Gasteiger partial charge in [-0.1, -0.05) is 12.1 Å². The van der Waals surface area contributed by atoms with Gasteiger partial charge in [0.1, 0.15) is 12.4 Å². The molecule has 0 unspecified atom stereocenters. The molecule has 0 atom stereocenters. The quantitative estimate of drug-likeness (QED) is 0.537. The molecule has 1 amide bonds. The van der Waals surface area contributed by atoms with Crippen molar-refractivity contribution in [2.75, 3.05) is 6.61 Å². The Kier molecular flexibility index (Phi) is 3.96. The standard InChI is InChI=1S/C14H13N3O3S/c15-13(18)8-19-16-7-9-5-6-11(20-9)14-17-10-3-1-2-4-12(10)21-14/h1-6,16H,7-8H2,(H2,15,18). The van der Waals surface area contributed by atoms with Crippen molar-refractivity contribution >= 4 is 27.5 Å². The number of nitrogens with zero attached hydrogens (tertiary/aromatic N) is 1. The normalized spacial score (nSPS) is 11.0. The minimum Gasteiger partial charge on any atom is -0.457 e. The van der Waals surface area contributed by atoms with E-state index in [9.17, 15) is 4.79 Å². The van der Waals surface area contributed by atoms with Crippen LogP contribution in [-0.4, -0.2) is 17.5 Å². The SMILES string of the molecule is NC(=O)CONCc1ccc(-c2nc3ccccc3s2)o1. The van der Waals surface area contributed by atoms with Gasteiger partial charge in [-0.3, -0.25) is 9.63 Å². The highest BCUT2D eigenvalue weighted by Crippen LogP contribution is 2.30. The molecule has 1 aromatic carbocycles. The predicted molar refractivity (Wildman–Crippen MR) is 79.3 cm³/mol. The Labute approximate surface area is 124 Å². The third-order valence-corrected chi connectivity index (χ3v) is 3.78. The van der Waals surface area contributed by atoms with Crippen LogP contribution in [0.25, 0.3) is 21.0 Å². The molecular weight excluding hydrogens is 290 g/mol. The Morgan fingerprint density at radius 2 is 2.19 bits per heavy atom. The van der Waals surface area contributed by atoms with Crippen molar-refractivity contribution in [2.24, 2.45) is 5.73 Å². The van der Waals surface area contributed by atoms with Crippen LogP contribution in [0.15, 0.2) is 40.8 Å². The molecule has 108 valence electrons. The van der Waals surface area contributed by atoms with Crippen LogP contribution in [-0.2, 0) is 16.2 Å². The lowest BCUT2D eigenvalue weighted by Gasteiger charge is -2.00. The van der Waals surface area contributed by atoms with Crippen LogP contribution in [0.4, 0.5) is 0 Å². The van der Waals surface area contributed by atoms with Gasteiger partial charge in [0, 0.05) is 0 Å². The van der Waals surface area contributed by atoms with Gasteiger partial charge in [0.15, 0.2) is 10.8 Å². The fraction of sp³-hybridized carbons (Fsp3) is 0.143. The van der Waals surface area contributed by atoms with Crippen molar-refractivity contribution in [2.45, 2.75) is 6.54 Å². The van der Waals surface area contributed by atoms with E-state index in [1.54, 1.807) is 11.3 Å². The maximum Gasteiger partial charge on any atom is 0.245 e. The second kappa shape index (κ2) is 6.04. The Hall–Kier alpha value is -2.22. The summed E-state index contributed by atoms with van der Waals surface area (Å²) in [6.45, 7) is 0.170. The van der Waals surface area contributed by atoms with Crippen molar-refractivity contribution < 1.29 is 14.0 Å². The third-order valence-electron chi connectivity index (χ3n) is 2.73. The molecule has 2 aromatic heterocycles. The first kappa shape index (κ1) is 13.7. The molecule has 6 nitrogen and oxygen atoms in total. The lowest BCUT2D eigenvalue weighted by molar-refractivity contribution is -0.125. The lowest BCUT2D eigenvalue weighted by Crippen LogP contribution is -2.24. The molecule has 3 rings (SSSR count). The highest BCUT2D eigenvalue weighted by Gasteiger charge is 2.10. The number of fused-ring (bicyclic) bond motifs is 1. The second-order valence-corrected chi connectivity index (χ2v) is 5.36. The van der Waals surface area contributed by atoms with Crippen LogP contribution in [0.5, 0.6) is 0 Å². The summed E-state index contributed by atoms with van der Waals surface area (Å²) in [4.78, 5) is 19.9. The van der Waals surface area contributed by atoms with E-state index in [4.69, 9.17) is 15.0 Å². The Balaban J connectivity index is 1.68. The molecule has 0 radical (unpaired) electrons. The van der Waals surface area contributed by atoms with E-state index in [-0.39, 0.29) is 6.61 Å². The largest absolute Gasteiger partial charge is 0.457 e. The first-order valence-corrected chi connectivity index (χ1v) is 7.11. The molecule has 0 aliphatic heterocycles. The first-order chi connectivity index (χ1) is 10.2. The molecule has 7 heteroatoms. The molecule has 2 heterocycles. The van der Waals surface area contributed by atoms with Gasteiger partial charge in [0.2, 0.25) is 5.91 Å². The molecule has 21 heavy (non-hydrogen) atoms. The number of carbonyl (C=O) groups is 1. The number of hydrogen-bond donors (Lipinski definition) is 2. The average Bonchev–Trinajstić information content (AvgIpc) is 3.09. The number of aromatic nitrogens is 1. The third kappa shape index (κ3) is 3.27. The lowest BCUT2D eigenvalue weighted by atomic mass is 10.3. The van der Waals surface area contributed by atoms with Crippen LogP contribution in [0.3, 0.4) is 0 Å². The molecule has 0 spiro atoms. The molecule has 0 saturated carbocycles.